The molecule has 0 saturated heterocycles. The molecule has 1 aliphatic carbocycles. The maximum Gasteiger partial charge on any atom is 0.191 e. The number of guanidine groups is 1. The van der Waals surface area contributed by atoms with Crippen molar-refractivity contribution in [1.29, 1.82) is 0 Å². The molecule has 0 heterocycles. The molecule has 5 nitrogen and oxygen atoms in total. The molecule has 1 atom stereocenters. The predicted octanol–water partition coefficient (Wildman–Crippen LogP) is 3.44. The molecule has 1 saturated carbocycles. The van der Waals surface area contributed by atoms with E-state index < -0.39 is 10.8 Å². The molecule has 2 rings (SSSR count). The monoisotopic (exact) mass is 521 g/mol. The molecule has 1 unspecified atom stereocenters. The fourth-order valence-corrected chi connectivity index (χ4v) is 4.77. The molecule has 1 aromatic carbocycles. The molecule has 0 spiro atoms. The summed E-state index contributed by atoms with van der Waals surface area (Å²) in [6, 6.07) is 9.97. The molecule has 0 aromatic heterocycles. The van der Waals surface area contributed by atoms with Crippen LogP contribution in [0.4, 0.5) is 0 Å². The molecular weight excluding hydrogens is 485 g/mol. The van der Waals surface area contributed by atoms with Crippen LogP contribution in [0.2, 0.25) is 0 Å². The van der Waals surface area contributed by atoms with Gasteiger partial charge in [-0.05, 0) is 37.2 Å². The van der Waals surface area contributed by atoms with Crippen LogP contribution in [0.3, 0.4) is 0 Å². The van der Waals surface area contributed by atoms with Gasteiger partial charge in [0.2, 0.25) is 0 Å². The Bertz CT molecular complexity index is 587. The summed E-state index contributed by atoms with van der Waals surface area (Å²) >= 11 is 0. The van der Waals surface area contributed by atoms with Crippen molar-refractivity contribution < 1.29 is 9.32 Å². The first kappa shape index (κ1) is 25.4. The number of aliphatic imine (C=N–C) groups is 1. The highest BCUT2D eigenvalue weighted by atomic mass is 127. The molecule has 1 fully saturated rings. The molecule has 1 aliphatic rings. The van der Waals surface area contributed by atoms with Gasteiger partial charge in [-0.15, -0.1) is 24.0 Å². The minimum absolute atomic E-state index is 0. The third kappa shape index (κ3) is 9.22. The highest BCUT2D eigenvalue weighted by Gasteiger charge is 2.31. The summed E-state index contributed by atoms with van der Waals surface area (Å²) < 4.78 is 12.3. The van der Waals surface area contributed by atoms with Crippen LogP contribution >= 0.6 is 24.0 Å². The zero-order valence-corrected chi connectivity index (χ0v) is 20.1. The fourth-order valence-electron chi connectivity index (χ4n) is 3.73. The van der Waals surface area contributed by atoms with Crippen molar-refractivity contribution >= 4 is 40.7 Å². The van der Waals surface area contributed by atoms with E-state index in [1.807, 2.05) is 30.3 Å². The van der Waals surface area contributed by atoms with Gasteiger partial charge in [-0.3, -0.25) is 9.20 Å². The van der Waals surface area contributed by atoms with Gasteiger partial charge in [-0.2, -0.15) is 0 Å². The Morgan fingerprint density at radius 2 is 1.89 bits per heavy atom. The zero-order valence-electron chi connectivity index (χ0n) is 17.0. The number of halogens is 1. The second kappa shape index (κ2) is 14.3. The highest BCUT2D eigenvalue weighted by molar-refractivity contribution is 14.0. The van der Waals surface area contributed by atoms with E-state index in [1.54, 1.807) is 0 Å². The van der Waals surface area contributed by atoms with Crippen LogP contribution in [0.5, 0.6) is 0 Å². The van der Waals surface area contributed by atoms with Gasteiger partial charge >= 0.3 is 0 Å². The van der Waals surface area contributed by atoms with Crippen LogP contribution < -0.4 is 10.6 Å². The van der Waals surface area contributed by atoms with Crippen molar-refractivity contribution in [3.05, 3.63) is 35.9 Å². The predicted molar refractivity (Wildman–Crippen MR) is 130 cm³/mol. The third-order valence-corrected chi connectivity index (χ3v) is 6.58. The first-order valence-corrected chi connectivity index (χ1v) is 11.7. The first-order chi connectivity index (χ1) is 13.2. The topological polar surface area (TPSA) is 73.7 Å². The van der Waals surface area contributed by atoms with Crippen LogP contribution in [-0.2, 0) is 16.6 Å². The lowest BCUT2D eigenvalue weighted by Crippen LogP contribution is -2.40. The van der Waals surface area contributed by atoms with Crippen molar-refractivity contribution in [3.63, 3.8) is 0 Å². The molecule has 0 radical (unpaired) electrons. The summed E-state index contributed by atoms with van der Waals surface area (Å²) in [5, 5.41) is 16.1. The molecular formula is C21H36IN3O2S. The lowest BCUT2D eigenvalue weighted by molar-refractivity contribution is 0.137. The average molecular weight is 522 g/mol. The Morgan fingerprint density at radius 3 is 2.54 bits per heavy atom. The Hall–Kier alpha value is -0.670. The number of aliphatic hydroxyl groups is 1. The molecule has 0 bridgehead atoms. The Morgan fingerprint density at radius 1 is 1.18 bits per heavy atom. The number of nitrogens with one attached hydrogen (secondary N) is 2. The average Bonchev–Trinajstić information content (AvgIpc) is 2.68. The quantitative estimate of drug-likeness (QED) is 0.251. The second-order valence-corrected chi connectivity index (χ2v) is 9.01. The van der Waals surface area contributed by atoms with Gasteiger partial charge in [-0.1, -0.05) is 49.6 Å². The van der Waals surface area contributed by atoms with Gasteiger partial charge in [0.25, 0.3) is 0 Å². The standard InChI is InChI=1S/C21H35N3O2S.HI/c1-2-22-20(24-18-21(13-15-25)11-7-4-8-12-21)23-14-16-27(26)17-19-9-5-3-6-10-19;/h3,5-6,9-10,25H,2,4,7-8,11-18H2,1H3,(H2,22,23,24);1H. The van der Waals surface area contributed by atoms with E-state index in [2.05, 4.69) is 17.6 Å². The summed E-state index contributed by atoms with van der Waals surface area (Å²) in [5.74, 6) is 1.98. The van der Waals surface area contributed by atoms with Crippen LogP contribution in [0.1, 0.15) is 51.0 Å². The molecule has 3 N–H and O–H groups in total. The number of nitrogens with zero attached hydrogens (tertiary/aromatic N) is 1. The summed E-state index contributed by atoms with van der Waals surface area (Å²) in [6.07, 6.45) is 6.89. The third-order valence-electron chi connectivity index (χ3n) is 5.27. The molecule has 28 heavy (non-hydrogen) atoms. The highest BCUT2D eigenvalue weighted by Crippen LogP contribution is 2.39. The smallest absolute Gasteiger partial charge is 0.191 e. The van der Waals surface area contributed by atoms with E-state index in [1.165, 1.54) is 19.3 Å². The number of rotatable bonds is 10. The Labute approximate surface area is 189 Å². The van der Waals surface area contributed by atoms with Crippen molar-refractivity contribution in [2.75, 3.05) is 32.0 Å². The molecule has 1 aromatic rings. The van der Waals surface area contributed by atoms with E-state index in [0.717, 1.165) is 43.9 Å². The Kier molecular flexibility index (Phi) is 13.0. The maximum absolute atomic E-state index is 12.3. The van der Waals surface area contributed by atoms with Gasteiger partial charge in [0.05, 0.1) is 0 Å². The normalized spacial score (nSPS) is 17.4. The van der Waals surface area contributed by atoms with Gasteiger partial charge in [0.1, 0.15) is 0 Å². The van der Waals surface area contributed by atoms with E-state index in [9.17, 15) is 9.32 Å². The summed E-state index contributed by atoms with van der Waals surface area (Å²) in [7, 11) is -0.889. The number of benzene rings is 1. The largest absolute Gasteiger partial charge is 0.396 e. The summed E-state index contributed by atoms with van der Waals surface area (Å²) in [5.41, 5.74) is 1.26. The lowest BCUT2D eigenvalue weighted by atomic mass is 9.72. The van der Waals surface area contributed by atoms with Crippen LogP contribution in [-0.4, -0.2) is 47.3 Å². The summed E-state index contributed by atoms with van der Waals surface area (Å²) in [4.78, 5) is 4.79. The minimum Gasteiger partial charge on any atom is -0.396 e. The van der Waals surface area contributed by atoms with Gasteiger partial charge < -0.3 is 15.7 Å². The minimum atomic E-state index is -0.889. The number of hydrogen-bond donors (Lipinski definition) is 3. The molecule has 160 valence electrons. The summed E-state index contributed by atoms with van der Waals surface area (Å²) in [6.45, 7) is 4.47. The van der Waals surface area contributed by atoms with Crippen molar-refractivity contribution in [1.82, 2.24) is 10.6 Å². The zero-order chi connectivity index (χ0) is 19.4. The maximum atomic E-state index is 12.3. The number of aliphatic hydroxyl groups excluding tert-OH is 1. The fraction of sp³-hybridized carbons (Fsp3) is 0.667. The first-order valence-electron chi connectivity index (χ1n) is 10.2. The SMILES string of the molecule is CCNC(=NCC1(CCO)CCCCC1)NCCS(=O)Cc1ccccc1.I. The van der Waals surface area contributed by atoms with Gasteiger partial charge in [0.15, 0.2) is 5.96 Å². The van der Waals surface area contributed by atoms with E-state index in [-0.39, 0.29) is 36.0 Å². The van der Waals surface area contributed by atoms with Crippen LogP contribution in [0, 0.1) is 5.41 Å². The molecule has 0 aliphatic heterocycles. The molecule has 0 amide bonds. The molecule has 7 heteroatoms. The van der Waals surface area contributed by atoms with Gasteiger partial charge in [0, 0.05) is 48.5 Å². The van der Waals surface area contributed by atoms with E-state index in [0.29, 0.717) is 18.1 Å². The lowest BCUT2D eigenvalue weighted by Gasteiger charge is -2.35. The van der Waals surface area contributed by atoms with Crippen molar-refractivity contribution in [2.24, 2.45) is 10.4 Å². The van der Waals surface area contributed by atoms with E-state index >= 15 is 0 Å². The van der Waals surface area contributed by atoms with Crippen LogP contribution in [0.15, 0.2) is 35.3 Å². The van der Waals surface area contributed by atoms with Crippen LogP contribution in [0.25, 0.3) is 0 Å². The van der Waals surface area contributed by atoms with Gasteiger partial charge in [-0.25, -0.2) is 0 Å². The second-order valence-electron chi connectivity index (χ2n) is 7.43. The van der Waals surface area contributed by atoms with E-state index in [4.69, 9.17) is 4.99 Å². The Balaban J connectivity index is 0.00000392. The van der Waals surface area contributed by atoms with Crippen molar-refractivity contribution in [2.45, 2.75) is 51.2 Å². The van der Waals surface area contributed by atoms with Crippen molar-refractivity contribution in [3.8, 4) is 0 Å². The number of hydrogen-bond acceptors (Lipinski definition) is 3.